The first-order chi connectivity index (χ1) is 14.8. The second-order valence-electron chi connectivity index (χ2n) is 10.2. The number of fused-ring (bicyclic) bond motifs is 4. The summed E-state index contributed by atoms with van der Waals surface area (Å²) in [6.45, 7) is 9.44. The Balaban J connectivity index is 1.34. The fraction of sp³-hybridized carbons (Fsp3) is 0.500. The number of nitrogens with zero attached hydrogens (tertiary/aromatic N) is 1. The molecular weight excluding hydrogens is 391 g/mol. The van der Waals surface area contributed by atoms with Crippen LogP contribution in [-0.2, 0) is 11.2 Å². The largest absolute Gasteiger partial charge is 0.445 e. The molecule has 2 aromatic rings. The van der Waals surface area contributed by atoms with Crippen molar-refractivity contribution in [3.63, 3.8) is 0 Å². The molecular formula is C26H31FN2O2. The van der Waals surface area contributed by atoms with Gasteiger partial charge < -0.3 is 10.1 Å². The fourth-order valence-electron chi connectivity index (χ4n) is 5.78. The average molecular weight is 423 g/mol. The van der Waals surface area contributed by atoms with Crippen LogP contribution < -0.4 is 5.32 Å². The molecule has 2 bridgehead atoms. The van der Waals surface area contributed by atoms with Crippen LogP contribution in [0, 0.1) is 24.1 Å². The zero-order valence-corrected chi connectivity index (χ0v) is 18.6. The lowest BCUT2D eigenvalue weighted by Gasteiger charge is -2.44. The Hall–Kier alpha value is -2.40. The summed E-state index contributed by atoms with van der Waals surface area (Å²) in [5.74, 6) is 0.287. The normalized spacial score (nSPS) is 28.3. The Morgan fingerprint density at radius 1 is 1.16 bits per heavy atom. The number of benzene rings is 2. The number of hydrogen-bond donors (Lipinski definition) is 1. The summed E-state index contributed by atoms with van der Waals surface area (Å²) in [4.78, 5) is 15.2. The van der Waals surface area contributed by atoms with E-state index >= 15 is 0 Å². The molecule has 3 heterocycles. The Bertz CT molecular complexity index is 1010. The van der Waals surface area contributed by atoms with Gasteiger partial charge in [0.15, 0.2) is 0 Å². The van der Waals surface area contributed by atoms with Crippen LogP contribution in [0.15, 0.2) is 36.4 Å². The van der Waals surface area contributed by atoms with Crippen LogP contribution in [0.25, 0.3) is 11.1 Å². The van der Waals surface area contributed by atoms with Gasteiger partial charge in [0.25, 0.3) is 0 Å². The Labute approximate surface area is 183 Å². The van der Waals surface area contributed by atoms with Crippen molar-refractivity contribution in [2.45, 2.75) is 52.2 Å². The summed E-state index contributed by atoms with van der Waals surface area (Å²) in [5.41, 5.74) is 5.34. The van der Waals surface area contributed by atoms with Gasteiger partial charge in [0.2, 0.25) is 0 Å². The van der Waals surface area contributed by atoms with Gasteiger partial charge in [0.1, 0.15) is 11.9 Å². The number of rotatable bonds is 3. The fourth-order valence-corrected chi connectivity index (χ4v) is 5.78. The van der Waals surface area contributed by atoms with Crippen molar-refractivity contribution in [2.24, 2.45) is 11.3 Å². The first-order valence-corrected chi connectivity index (χ1v) is 11.4. The van der Waals surface area contributed by atoms with Crippen LogP contribution in [-0.4, -0.2) is 36.7 Å². The number of nitrogens with one attached hydrogen (secondary N) is 1. The molecule has 5 heteroatoms. The molecule has 3 saturated heterocycles. The molecule has 2 aromatic carbocycles. The summed E-state index contributed by atoms with van der Waals surface area (Å²) in [7, 11) is 0. The predicted molar refractivity (Wildman–Crippen MR) is 119 cm³/mol. The third kappa shape index (κ3) is 3.84. The highest BCUT2D eigenvalue weighted by Crippen LogP contribution is 2.46. The van der Waals surface area contributed by atoms with E-state index in [0.29, 0.717) is 5.92 Å². The molecule has 1 N–H and O–H groups in total. The van der Waals surface area contributed by atoms with Crippen LogP contribution in [0.5, 0.6) is 0 Å². The van der Waals surface area contributed by atoms with Gasteiger partial charge >= 0.3 is 6.09 Å². The minimum absolute atomic E-state index is 0.00955. The van der Waals surface area contributed by atoms with Gasteiger partial charge in [0, 0.05) is 6.54 Å². The summed E-state index contributed by atoms with van der Waals surface area (Å²) < 4.78 is 19.4. The SMILES string of the molecule is Cc1cc(F)ccc1-c1ccc2c(c1)CC(C)(C)C2NC(=O)O[C@H]1CN2CCC1CC2. The van der Waals surface area contributed by atoms with Crippen molar-refractivity contribution in [1.82, 2.24) is 10.2 Å². The number of hydrogen-bond acceptors (Lipinski definition) is 3. The highest BCUT2D eigenvalue weighted by atomic mass is 19.1. The molecule has 2 atom stereocenters. The van der Waals surface area contributed by atoms with Gasteiger partial charge in [-0.2, -0.15) is 0 Å². The molecule has 31 heavy (non-hydrogen) atoms. The number of amides is 1. The molecule has 0 saturated carbocycles. The van der Waals surface area contributed by atoms with Crippen molar-refractivity contribution in [1.29, 1.82) is 0 Å². The first kappa shape index (κ1) is 20.5. The number of piperidine rings is 3. The molecule has 1 aliphatic carbocycles. The summed E-state index contributed by atoms with van der Waals surface area (Å²) in [6, 6.07) is 11.2. The standard InChI is InChI=1S/C26H31FN2O2/c1-16-12-20(27)5-7-21(16)18-4-6-22-19(13-18)14-26(2,3)24(22)28-25(30)31-23-15-29-10-8-17(23)9-11-29/h4-7,12-13,17,23-24H,8-11,14-15H2,1-3H3,(H,28,30)/t23-,24?/m0/s1. The molecule has 4 nitrogen and oxygen atoms in total. The second kappa shape index (κ2) is 7.63. The summed E-state index contributed by atoms with van der Waals surface area (Å²) in [5, 5.41) is 3.18. The van der Waals surface area contributed by atoms with Gasteiger partial charge in [0.05, 0.1) is 6.04 Å². The number of aryl methyl sites for hydroxylation is 1. The lowest BCUT2D eigenvalue weighted by atomic mass is 9.85. The summed E-state index contributed by atoms with van der Waals surface area (Å²) >= 11 is 0. The molecule has 3 fully saturated rings. The molecule has 1 amide bonds. The summed E-state index contributed by atoms with van der Waals surface area (Å²) in [6.07, 6.45) is 2.84. The van der Waals surface area contributed by atoms with Gasteiger partial charge in [-0.25, -0.2) is 9.18 Å². The van der Waals surface area contributed by atoms with Crippen LogP contribution in [0.2, 0.25) is 0 Å². The molecule has 0 radical (unpaired) electrons. The molecule has 6 rings (SSSR count). The maximum absolute atomic E-state index is 13.5. The van der Waals surface area contributed by atoms with E-state index in [0.717, 1.165) is 61.2 Å². The van der Waals surface area contributed by atoms with Crippen LogP contribution in [0.1, 0.15) is 49.4 Å². The highest BCUT2D eigenvalue weighted by Gasteiger charge is 2.42. The first-order valence-electron chi connectivity index (χ1n) is 11.4. The van der Waals surface area contributed by atoms with E-state index in [-0.39, 0.29) is 29.5 Å². The number of carbonyl (C=O) groups is 1. The third-order valence-electron chi connectivity index (χ3n) is 7.50. The third-order valence-corrected chi connectivity index (χ3v) is 7.50. The molecule has 0 spiro atoms. The molecule has 0 aromatic heterocycles. The van der Waals surface area contributed by atoms with Crippen molar-refractivity contribution in [3.05, 3.63) is 58.9 Å². The zero-order valence-electron chi connectivity index (χ0n) is 18.6. The number of halogens is 1. The second-order valence-corrected chi connectivity index (χ2v) is 10.2. The lowest BCUT2D eigenvalue weighted by molar-refractivity contribution is -0.0348. The van der Waals surface area contributed by atoms with Gasteiger partial charge in [-0.15, -0.1) is 0 Å². The maximum Gasteiger partial charge on any atom is 0.407 e. The van der Waals surface area contributed by atoms with E-state index in [9.17, 15) is 9.18 Å². The number of carbonyl (C=O) groups excluding carboxylic acids is 1. The smallest absolute Gasteiger partial charge is 0.407 e. The van der Waals surface area contributed by atoms with Gasteiger partial charge in [-0.1, -0.05) is 38.1 Å². The minimum atomic E-state index is -0.303. The Kier molecular flexibility index (Phi) is 5.04. The van der Waals surface area contributed by atoms with Crippen molar-refractivity contribution in [2.75, 3.05) is 19.6 Å². The van der Waals surface area contributed by atoms with Crippen LogP contribution in [0.3, 0.4) is 0 Å². The van der Waals surface area contributed by atoms with Crippen molar-refractivity contribution < 1.29 is 13.9 Å². The maximum atomic E-state index is 13.5. The van der Waals surface area contributed by atoms with Crippen LogP contribution in [0.4, 0.5) is 9.18 Å². The van der Waals surface area contributed by atoms with E-state index in [1.54, 1.807) is 6.07 Å². The van der Waals surface area contributed by atoms with E-state index in [1.165, 1.54) is 11.6 Å². The molecule has 164 valence electrons. The van der Waals surface area contributed by atoms with E-state index < -0.39 is 0 Å². The van der Waals surface area contributed by atoms with E-state index in [4.69, 9.17) is 4.74 Å². The van der Waals surface area contributed by atoms with Crippen LogP contribution >= 0.6 is 0 Å². The predicted octanol–water partition coefficient (Wildman–Crippen LogP) is 5.24. The lowest BCUT2D eigenvalue weighted by Crippen LogP contribution is -2.53. The Morgan fingerprint density at radius 3 is 2.61 bits per heavy atom. The molecule has 3 aliphatic heterocycles. The number of ether oxygens (including phenoxy) is 1. The van der Waals surface area contributed by atoms with Crippen molar-refractivity contribution in [3.8, 4) is 11.1 Å². The quantitative estimate of drug-likeness (QED) is 0.735. The van der Waals surface area contributed by atoms with E-state index in [2.05, 4.69) is 42.3 Å². The molecule has 4 aliphatic rings. The van der Waals surface area contributed by atoms with Gasteiger partial charge in [-0.05, 0) is 90.6 Å². The number of alkyl carbamates (subject to hydrolysis) is 1. The Morgan fingerprint density at radius 2 is 1.94 bits per heavy atom. The van der Waals surface area contributed by atoms with Gasteiger partial charge in [-0.3, -0.25) is 4.90 Å². The monoisotopic (exact) mass is 422 g/mol. The minimum Gasteiger partial charge on any atom is -0.445 e. The topological polar surface area (TPSA) is 41.6 Å². The highest BCUT2D eigenvalue weighted by molar-refractivity contribution is 5.71. The van der Waals surface area contributed by atoms with Crippen molar-refractivity contribution >= 4 is 6.09 Å². The zero-order chi connectivity index (χ0) is 21.8. The molecule has 1 unspecified atom stereocenters. The average Bonchev–Trinajstić information content (AvgIpc) is 2.97. The van der Waals surface area contributed by atoms with E-state index in [1.807, 2.05) is 13.0 Å².